The normalized spacial score (nSPS) is 12.2. The van der Waals surface area contributed by atoms with Crippen LogP contribution in [0.5, 0.6) is 0 Å². The maximum atomic E-state index is 11.8. The number of amides is 1. The van der Waals surface area contributed by atoms with Gasteiger partial charge < -0.3 is 15.7 Å². The van der Waals surface area contributed by atoms with Gasteiger partial charge in [-0.3, -0.25) is 4.79 Å². The molecule has 5 heteroatoms. The van der Waals surface area contributed by atoms with Gasteiger partial charge in [-0.05, 0) is 43.5 Å². The minimum atomic E-state index is -0.0887. The molecule has 112 valence electrons. The van der Waals surface area contributed by atoms with E-state index >= 15 is 0 Å². The first-order valence-electron chi connectivity index (χ1n) is 6.94. The third-order valence-corrected chi connectivity index (χ3v) is 3.54. The first kappa shape index (κ1) is 17.0. The molecule has 0 bridgehead atoms. The van der Waals surface area contributed by atoms with E-state index in [1.165, 1.54) is 0 Å². The molecule has 20 heavy (non-hydrogen) atoms. The fourth-order valence-electron chi connectivity index (χ4n) is 1.95. The molecule has 0 aromatic heterocycles. The van der Waals surface area contributed by atoms with Crippen molar-refractivity contribution >= 4 is 23.2 Å². The van der Waals surface area contributed by atoms with Crippen molar-refractivity contribution in [1.82, 2.24) is 5.32 Å². The molecule has 0 spiro atoms. The largest absolute Gasteiger partial charge is 0.396 e. The number of carbonyl (C=O) groups excluding carboxylic acids is 1. The minimum Gasteiger partial charge on any atom is -0.396 e. The number of halogens is 1. The summed E-state index contributed by atoms with van der Waals surface area (Å²) in [5.74, 6) is 0.315. The average Bonchev–Trinajstić information content (AvgIpc) is 2.42. The van der Waals surface area contributed by atoms with Gasteiger partial charge in [-0.15, -0.1) is 0 Å². The third-order valence-electron chi connectivity index (χ3n) is 3.31. The molecule has 3 N–H and O–H groups in total. The van der Waals surface area contributed by atoms with Crippen molar-refractivity contribution < 1.29 is 9.90 Å². The summed E-state index contributed by atoms with van der Waals surface area (Å²) in [6, 6.07) is 5.42. The topological polar surface area (TPSA) is 61.4 Å². The predicted octanol–water partition coefficient (Wildman–Crippen LogP) is 2.59. The van der Waals surface area contributed by atoms with Crippen LogP contribution in [0.25, 0.3) is 0 Å². The molecule has 0 aliphatic carbocycles. The lowest BCUT2D eigenvalue weighted by molar-refractivity contribution is -0.115. The number of hydrogen-bond donors (Lipinski definition) is 3. The summed E-state index contributed by atoms with van der Waals surface area (Å²) in [5.41, 5.74) is 1.72. The first-order chi connectivity index (χ1) is 9.56. The van der Waals surface area contributed by atoms with Crippen LogP contribution in [0.4, 0.5) is 5.69 Å². The Morgan fingerprint density at radius 3 is 2.85 bits per heavy atom. The van der Waals surface area contributed by atoms with Crippen LogP contribution in [0, 0.1) is 12.8 Å². The van der Waals surface area contributed by atoms with E-state index in [-0.39, 0.29) is 19.1 Å². The van der Waals surface area contributed by atoms with Crippen molar-refractivity contribution in [2.24, 2.45) is 5.92 Å². The van der Waals surface area contributed by atoms with Gasteiger partial charge in [-0.1, -0.05) is 31.0 Å². The van der Waals surface area contributed by atoms with Gasteiger partial charge in [0.1, 0.15) is 0 Å². The fourth-order valence-corrected chi connectivity index (χ4v) is 2.12. The van der Waals surface area contributed by atoms with E-state index < -0.39 is 0 Å². The molecule has 0 saturated heterocycles. The summed E-state index contributed by atoms with van der Waals surface area (Å²) in [4.78, 5) is 11.8. The van der Waals surface area contributed by atoms with Crippen LogP contribution in [-0.2, 0) is 4.79 Å². The molecule has 0 aliphatic heterocycles. The lowest BCUT2D eigenvalue weighted by Crippen LogP contribution is -2.32. The number of nitrogens with one attached hydrogen (secondary N) is 2. The Labute approximate surface area is 125 Å². The van der Waals surface area contributed by atoms with Crippen molar-refractivity contribution in [1.29, 1.82) is 0 Å². The number of anilines is 1. The maximum absolute atomic E-state index is 11.8. The second-order valence-corrected chi connectivity index (χ2v) is 5.36. The van der Waals surface area contributed by atoms with Crippen molar-refractivity contribution in [2.45, 2.75) is 26.7 Å². The van der Waals surface area contributed by atoms with Crippen LogP contribution >= 0.6 is 11.6 Å². The van der Waals surface area contributed by atoms with E-state index in [9.17, 15) is 4.79 Å². The van der Waals surface area contributed by atoms with E-state index in [1.807, 2.05) is 13.0 Å². The minimum absolute atomic E-state index is 0.0887. The standard InChI is InChI=1S/C15H23ClN2O2/c1-3-12(6-7-19)9-17-10-15(20)18-14-8-13(16)5-4-11(14)2/h4-5,8,12,17,19H,3,6-7,9-10H2,1-2H3,(H,18,20). The molecule has 1 aromatic carbocycles. The monoisotopic (exact) mass is 298 g/mol. The second kappa shape index (κ2) is 8.95. The van der Waals surface area contributed by atoms with Crippen molar-refractivity contribution in [2.75, 3.05) is 25.0 Å². The lowest BCUT2D eigenvalue weighted by atomic mass is 10.0. The van der Waals surface area contributed by atoms with Crippen LogP contribution in [0.3, 0.4) is 0 Å². The molecule has 1 amide bonds. The van der Waals surface area contributed by atoms with Gasteiger partial charge in [-0.25, -0.2) is 0 Å². The second-order valence-electron chi connectivity index (χ2n) is 4.92. The molecular weight excluding hydrogens is 276 g/mol. The lowest BCUT2D eigenvalue weighted by Gasteiger charge is -2.14. The SMILES string of the molecule is CCC(CCO)CNCC(=O)Nc1cc(Cl)ccc1C. The Hall–Kier alpha value is -1.10. The van der Waals surface area contributed by atoms with Crippen LogP contribution in [0.1, 0.15) is 25.3 Å². The first-order valence-corrected chi connectivity index (χ1v) is 7.32. The summed E-state index contributed by atoms with van der Waals surface area (Å²) >= 11 is 5.91. The highest BCUT2D eigenvalue weighted by molar-refractivity contribution is 6.31. The Kier molecular flexibility index (Phi) is 7.59. The van der Waals surface area contributed by atoms with E-state index in [0.29, 0.717) is 10.9 Å². The van der Waals surface area contributed by atoms with Crippen molar-refractivity contribution in [3.63, 3.8) is 0 Å². The van der Waals surface area contributed by atoms with Crippen LogP contribution in [-0.4, -0.2) is 30.7 Å². The molecule has 0 heterocycles. The smallest absolute Gasteiger partial charge is 0.238 e. The van der Waals surface area contributed by atoms with Crippen LogP contribution < -0.4 is 10.6 Å². The number of aliphatic hydroxyl groups is 1. The maximum Gasteiger partial charge on any atom is 0.238 e. The van der Waals surface area contributed by atoms with Crippen molar-refractivity contribution in [3.05, 3.63) is 28.8 Å². The highest BCUT2D eigenvalue weighted by Gasteiger charge is 2.08. The van der Waals surface area contributed by atoms with E-state index in [2.05, 4.69) is 17.6 Å². The molecule has 0 radical (unpaired) electrons. The van der Waals surface area contributed by atoms with Gasteiger partial charge in [0.05, 0.1) is 6.54 Å². The molecule has 0 fully saturated rings. The fraction of sp³-hybridized carbons (Fsp3) is 0.533. The van der Waals surface area contributed by atoms with Crippen LogP contribution in [0.2, 0.25) is 5.02 Å². The Bertz CT molecular complexity index is 438. The molecule has 1 unspecified atom stereocenters. The molecular formula is C15H23ClN2O2. The quantitative estimate of drug-likeness (QED) is 0.691. The van der Waals surface area contributed by atoms with Crippen LogP contribution in [0.15, 0.2) is 18.2 Å². The van der Waals surface area contributed by atoms with Gasteiger partial charge in [-0.2, -0.15) is 0 Å². The Balaban J connectivity index is 2.38. The molecule has 1 atom stereocenters. The van der Waals surface area contributed by atoms with E-state index in [4.69, 9.17) is 16.7 Å². The van der Waals surface area contributed by atoms with Gasteiger partial charge in [0, 0.05) is 17.3 Å². The zero-order valence-corrected chi connectivity index (χ0v) is 12.8. The predicted molar refractivity (Wildman–Crippen MR) is 83.2 cm³/mol. The third kappa shape index (κ3) is 5.90. The number of rotatable bonds is 8. The summed E-state index contributed by atoms with van der Waals surface area (Å²) in [7, 11) is 0. The summed E-state index contributed by atoms with van der Waals surface area (Å²) in [6.45, 7) is 5.19. The Morgan fingerprint density at radius 1 is 1.45 bits per heavy atom. The number of benzene rings is 1. The highest BCUT2D eigenvalue weighted by atomic mass is 35.5. The molecule has 4 nitrogen and oxygen atoms in total. The number of carbonyl (C=O) groups is 1. The summed E-state index contributed by atoms with van der Waals surface area (Å²) in [6.07, 6.45) is 1.75. The zero-order valence-electron chi connectivity index (χ0n) is 12.1. The van der Waals surface area contributed by atoms with Gasteiger partial charge in [0.25, 0.3) is 0 Å². The number of aliphatic hydroxyl groups excluding tert-OH is 1. The molecule has 0 aliphatic rings. The number of hydrogen-bond acceptors (Lipinski definition) is 3. The van der Waals surface area contributed by atoms with E-state index in [1.54, 1.807) is 12.1 Å². The van der Waals surface area contributed by atoms with E-state index in [0.717, 1.165) is 30.6 Å². The van der Waals surface area contributed by atoms with Gasteiger partial charge >= 0.3 is 0 Å². The molecule has 1 aromatic rings. The molecule has 0 saturated carbocycles. The molecule has 1 rings (SSSR count). The van der Waals surface area contributed by atoms with Gasteiger partial charge in [0.2, 0.25) is 5.91 Å². The highest BCUT2D eigenvalue weighted by Crippen LogP contribution is 2.19. The number of aryl methyl sites for hydroxylation is 1. The van der Waals surface area contributed by atoms with Gasteiger partial charge in [0.15, 0.2) is 0 Å². The zero-order chi connectivity index (χ0) is 15.0. The summed E-state index contributed by atoms with van der Waals surface area (Å²) < 4.78 is 0. The summed E-state index contributed by atoms with van der Waals surface area (Å²) in [5, 5.41) is 15.5. The Morgan fingerprint density at radius 2 is 2.20 bits per heavy atom. The van der Waals surface area contributed by atoms with Crippen molar-refractivity contribution in [3.8, 4) is 0 Å². The average molecular weight is 299 g/mol.